The third-order valence-corrected chi connectivity index (χ3v) is 3.63. The summed E-state index contributed by atoms with van der Waals surface area (Å²) in [4.78, 5) is 9.94. The van der Waals surface area contributed by atoms with Crippen molar-refractivity contribution in [3.8, 4) is 0 Å². The number of halogens is 2. The van der Waals surface area contributed by atoms with E-state index in [0.717, 1.165) is 5.56 Å². The van der Waals surface area contributed by atoms with Gasteiger partial charge in [-0.05, 0) is 18.6 Å². The second-order valence-corrected chi connectivity index (χ2v) is 5.02. The van der Waals surface area contributed by atoms with Gasteiger partial charge in [-0.15, -0.1) is 0 Å². The van der Waals surface area contributed by atoms with Gasteiger partial charge in [0, 0.05) is 12.1 Å². The first-order valence-corrected chi connectivity index (χ1v) is 6.51. The zero-order valence-corrected chi connectivity index (χ0v) is 12.2. The van der Waals surface area contributed by atoms with Crippen molar-refractivity contribution in [1.82, 2.24) is 9.97 Å². The molecule has 0 saturated heterocycles. The Bertz CT molecular complexity index is 589. The van der Waals surface area contributed by atoms with Gasteiger partial charge in [-0.25, -0.2) is 4.98 Å². The normalized spacial score (nSPS) is 12.2. The molecule has 1 aromatic heterocycles. The predicted molar refractivity (Wildman–Crippen MR) is 79.7 cm³/mol. The molecule has 4 nitrogen and oxygen atoms in total. The molecule has 0 saturated carbocycles. The molecule has 0 aliphatic rings. The lowest BCUT2D eigenvalue weighted by Crippen LogP contribution is -2.23. The fourth-order valence-electron chi connectivity index (χ4n) is 1.82. The van der Waals surface area contributed by atoms with Crippen molar-refractivity contribution < 1.29 is 0 Å². The molecule has 2 N–H and O–H groups in total. The number of nitrogen functional groups attached to an aromatic ring is 1. The number of hydrogen-bond acceptors (Lipinski definition) is 4. The van der Waals surface area contributed by atoms with Crippen molar-refractivity contribution in [3.05, 3.63) is 46.1 Å². The zero-order chi connectivity index (χ0) is 14.0. The molecule has 0 bridgehead atoms. The van der Waals surface area contributed by atoms with E-state index in [1.807, 2.05) is 43.1 Å². The molecule has 0 fully saturated rings. The molecule has 2 rings (SSSR count). The topological polar surface area (TPSA) is 55.0 Å². The Hall–Kier alpha value is -1.52. The van der Waals surface area contributed by atoms with Crippen LogP contribution < -0.4 is 10.6 Å². The molecule has 0 radical (unpaired) electrons. The second kappa shape index (κ2) is 5.63. The van der Waals surface area contributed by atoms with Crippen molar-refractivity contribution in [1.29, 1.82) is 0 Å². The Morgan fingerprint density at radius 2 is 1.89 bits per heavy atom. The van der Waals surface area contributed by atoms with Gasteiger partial charge in [-0.3, -0.25) is 0 Å². The Morgan fingerprint density at radius 1 is 1.21 bits per heavy atom. The van der Waals surface area contributed by atoms with E-state index in [1.165, 1.54) is 6.20 Å². The minimum Gasteiger partial charge on any atom is -0.368 e. The number of hydrogen-bond donors (Lipinski definition) is 1. The molecule has 1 aromatic carbocycles. The summed E-state index contributed by atoms with van der Waals surface area (Å²) in [5, 5.41) is 1.16. The van der Waals surface area contributed by atoms with E-state index in [-0.39, 0.29) is 12.0 Å². The SMILES string of the molecule is CC(c1ccccc1Cl)N(C)c1nc(N)ncc1Cl. The van der Waals surface area contributed by atoms with Crippen LogP contribution >= 0.6 is 23.2 Å². The van der Waals surface area contributed by atoms with Crippen LogP contribution in [0.3, 0.4) is 0 Å². The third-order valence-electron chi connectivity index (χ3n) is 3.01. The first kappa shape index (κ1) is 13.9. The highest BCUT2D eigenvalue weighted by Crippen LogP contribution is 2.32. The van der Waals surface area contributed by atoms with E-state index in [2.05, 4.69) is 9.97 Å². The van der Waals surface area contributed by atoms with Crippen LogP contribution in [-0.2, 0) is 0 Å². The summed E-state index contributed by atoms with van der Waals surface area (Å²) in [6.07, 6.45) is 1.50. The summed E-state index contributed by atoms with van der Waals surface area (Å²) in [5.74, 6) is 0.777. The molecule has 1 atom stereocenters. The van der Waals surface area contributed by atoms with Gasteiger partial charge < -0.3 is 10.6 Å². The molecule has 0 amide bonds. The fourth-order valence-corrected chi connectivity index (χ4v) is 2.34. The van der Waals surface area contributed by atoms with E-state index in [1.54, 1.807) is 0 Å². The van der Waals surface area contributed by atoms with Gasteiger partial charge in [-0.1, -0.05) is 41.4 Å². The molecular formula is C13H14Cl2N4. The standard InChI is InChI=1S/C13H14Cl2N4/c1-8(9-5-3-4-6-10(9)14)19(2)12-11(15)7-17-13(16)18-12/h3-8H,1-2H3,(H2,16,17,18). The Balaban J connectivity index is 2.36. The first-order valence-electron chi connectivity index (χ1n) is 5.76. The average Bonchev–Trinajstić information content (AvgIpc) is 2.40. The van der Waals surface area contributed by atoms with Gasteiger partial charge in [-0.2, -0.15) is 4.98 Å². The number of anilines is 2. The van der Waals surface area contributed by atoms with Crippen molar-refractivity contribution in [2.75, 3.05) is 17.7 Å². The van der Waals surface area contributed by atoms with Crippen LogP contribution in [0.5, 0.6) is 0 Å². The van der Waals surface area contributed by atoms with E-state index >= 15 is 0 Å². The summed E-state index contributed by atoms with van der Waals surface area (Å²) in [7, 11) is 1.89. The molecule has 0 spiro atoms. The highest BCUT2D eigenvalue weighted by atomic mass is 35.5. The monoisotopic (exact) mass is 296 g/mol. The second-order valence-electron chi connectivity index (χ2n) is 4.21. The Kier molecular flexibility index (Phi) is 4.12. The van der Waals surface area contributed by atoms with E-state index in [4.69, 9.17) is 28.9 Å². The van der Waals surface area contributed by atoms with Gasteiger partial charge in [0.15, 0.2) is 5.82 Å². The van der Waals surface area contributed by atoms with Crippen molar-refractivity contribution in [2.45, 2.75) is 13.0 Å². The molecule has 100 valence electrons. The van der Waals surface area contributed by atoms with Crippen LogP contribution in [0, 0.1) is 0 Å². The first-order chi connectivity index (χ1) is 9.00. The zero-order valence-electron chi connectivity index (χ0n) is 10.6. The maximum absolute atomic E-state index is 6.20. The fraction of sp³-hybridized carbons (Fsp3) is 0.231. The quantitative estimate of drug-likeness (QED) is 0.941. The molecule has 0 aliphatic heterocycles. The molecule has 0 aliphatic carbocycles. The van der Waals surface area contributed by atoms with Crippen molar-refractivity contribution in [3.63, 3.8) is 0 Å². The average molecular weight is 297 g/mol. The van der Waals surface area contributed by atoms with Crippen LogP contribution in [-0.4, -0.2) is 17.0 Å². The maximum atomic E-state index is 6.20. The number of benzene rings is 1. The van der Waals surface area contributed by atoms with Gasteiger partial charge in [0.05, 0.1) is 12.2 Å². The lowest BCUT2D eigenvalue weighted by molar-refractivity contribution is 0.728. The summed E-state index contributed by atoms with van der Waals surface area (Å²) >= 11 is 12.3. The smallest absolute Gasteiger partial charge is 0.222 e. The molecular weight excluding hydrogens is 283 g/mol. The van der Waals surface area contributed by atoms with E-state index < -0.39 is 0 Å². The number of rotatable bonds is 3. The van der Waals surface area contributed by atoms with Gasteiger partial charge >= 0.3 is 0 Å². The Morgan fingerprint density at radius 3 is 2.58 bits per heavy atom. The maximum Gasteiger partial charge on any atom is 0.222 e. The molecule has 1 heterocycles. The lowest BCUT2D eigenvalue weighted by atomic mass is 10.1. The summed E-state index contributed by atoms with van der Waals surface area (Å²) < 4.78 is 0. The molecule has 2 aromatic rings. The molecule has 1 unspecified atom stereocenters. The largest absolute Gasteiger partial charge is 0.368 e. The Labute approximate surface area is 122 Å². The lowest BCUT2D eigenvalue weighted by Gasteiger charge is -2.27. The van der Waals surface area contributed by atoms with Crippen LogP contribution in [0.1, 0.15) is 18.5 Å². The minimum atomic E-state index is 0.0144. The van der Waals surface area contributed by atoms with Crippen molar-refractivity contribution in [2.24, 2.45) is 0 Å². The van der Waals surface area contributed by atoms with E-state index in [0.29, 0.717) is 15.9 Å². The third kappa shape index (κ3) is 2.91. The van der Waals surface area contributed by atoms with Crippen molar-refractivity contribution >= 4 is 35.0 Å². The predicted octanol–water partition coefficient (Wildman–Crippen LogP) is 3.56. The minimum absolute atomic E-state index is 0.0144. The van der Waals surface area contributed by atoms with Crippen LogP contribution in [0.4, 0.5) is 11.8 Å². The van der Waals surface area contributed by atoms with Gasteiger partial charge in [0.2, 0.25) is 5.95 Å². The van der Waals surface area contributed by atoms with Gasteiger partial charge in [0.1, 0.15) is 5.02 Å². The summed E-state index contributed by atoms with van der Waals surface area (Å²) in [6, 6.07) is 7.69. The highest BCUT2D eigenvalue weighted by Gasteiger charge is 2.18. The molecule has 19 heavy (non-hydrogen) atoms. The number of nitrogens with two attached hydrogens (primary N) is 1. The summed E-state index contributed by atoms with van der Waals surface area (Å²) in [5.41, 5.74) is 6.60. The highest BCUT2D eigenvalue weighted by molar-refractivity contribution is 6.33. The van der Waals surface area contributed by atoms with Crippen LogP contribution in [0.2, 0.25) is 10.0 Å². The van der Waals surface area contributed by atoms with E-state index in [9.17, 15) is 0 Å². The number of nitrogens with zero attached hydrogens (tertiary/aromatic N) is 3. The molecule has 6 heteroatoms. The number of aromatic nitrogens is 2. The van der Waals surface area contributed by atoms with Crippen LogP contribution in [0.25, 0.3) is 0 Å². The van der Waals surface area contributed by atoms with Crippen LogP contribution in [0.15, 0.2) is 30.5 Å². The van der Waals surface area contributed by atoms with Gasteiger partial charge in [0.25, 0.3) is 0 Å². The summed E-state index contributed by atoms with van der Waals surface area (Å²) in [6.45, 7) is 2.02.